The van der Waals surface area contributed by atoms with E-state index < -0.39 is 0 Å². The third-order valence-corrected chi connectivity index (χ3v) is 5.28. The first kappa shape index (κ1) is 19.4. The number of guanidine groups is 1. The number of likely N-dealkylation sites (tertiary alicyclic amines) is 1. The van der Waals surface area contributed by atoms with Crippen LogP contribution in [0.4, 0.5) is 0 Å². The Balaban J connectivity index is 1.64. The van der Waals surface area contributed by atoms with E-state index in [-0.39, 0.29) is 0 Å². The number of aromatic nitrogens is 2. The van der Waals surface area contributed by atoms with Gasteiger partial charge in [-0.3, -0.25) is 4.99 Å². The van der Waals surface area contributed by atoms with Crippen molar-refractivity contribution in [1.29, 1.82) is 0 Å². The van der Waals surface area contributed by atoms with Crippen LogP contribution in [0.2, 0.25) is 0 Å². The van der Waals surface area contributed by atoms with Crippen LogP contribution in [0.5, 0.6) is 0 Å². The summed E-state index contributed by atoms with van der Waals surface area (Å²) < 4.78 is 5.18. The van der Waals surface area contributed by atoms with Crippen LogP contribution in [-0.4, -0.2) is 47.2 Å². The predicted octanol–water partition coefficient (Wildman–Crippen LogP) is 3.40. The van der Waals surface area contributed by atoms with Gasteiger partial charge in [0.15, 0.2) is 11.8 Å². The van der Waals surface area contributed by atoms with Crippen molar-refractivity contribution in [3.63, 3.8) is 0 Å². The molecule has 146 valence electrons. The van der Waals surface area contributed by atoms with Gasteiger partial charge in [-0.05, 0) is 37.7 Å². The Bertz CT molecular complexity index is 727. The van der Waals surface area contributed by atoms with E-state index in [1.165, 1.54) is 12.0 Å². The number of benzene rings is 1. The number of hydrogen-bond donors (Lipinski definition) is 1. The highest BCUT2D eigenvalue weighted by molar-refractivity contribution is 5.80. The molecule has 0 radical (unpaired) electrons. The topological polar surface area (TPSA) is 66.5 Å². The zero-order chi connectivity index (χ0) is 19.1. The molecule has 6 heteroatoms. The second-order valence-corrected chi connectivity index (χ2v) is 7.14. The summed E-state index contributed by atoms with van der Waals surface area (Å²) in [6.07, 6.45) is 3.01. The van der Waals surface area contributed by atoms with Crippen molar-refractivity contribution in [3.8, 4) is 0 Å². The van der Waals surface area contributed by atoms with E-state index in [2.05, 4.69) is 64.5 Å². The van der Waals surface area contributed by atoms with Crippen LogP contribution in [0.15, 0.2) is 39.8 Å². The largest absolute Gasteiger partial charge is 0.357 e. The lowest BCUT2D eigenvalue weighted by Gasteiger charge is -2.40. The normalized spacial score (nSPS) is 20.7. The van der Waals surface area contributed by atoms with Gasteiger partial charge < -0.3 is 14.7 Å². The van der Waals surface area contributed by atoms with Crippen LogP contribution < -0.4 is 5.32 Å². The quantitative estimate of drug-likeness (QED) is 0.624. The highest BCUT2D eigenvalue weighted by Crippen LogP contribution is 2.34. The zero-order valence-electron chi connectivity index (χ0n) is 16.7. The van der Waals surface area contributed by atoms with E-state index in [0.29, 0.717) is 36.5 Å². The molecule has 3 rings (SSSR count). The van der Waals surface area contributed by atoms with Gasteiger partial charge in [0.25, 0.3) is 0 Å². The first-order valence-corrected chi connectivity index (χ1v) is 10.1. The summed E-state index contributed by atoms with van der Waals surface area (Å²) >= 11 is 0. The molecule has 0 saturated carbocycles. The standard InChI is InChI=1S/C21H31N5O/c1-4-17-15-26(14-12-19(17)18-9-7-6-8-10-18)21(22-5-2)23-13-11-20-24-16(3)25-27-20/h6-10,17,19H,4-5,11-15H2,1-3H3,(H,22,23). The van der Waals surface area contributed by atoms with Crippen molar-refractivity contribution in [2.45, 2.75) is 46.0 Å². The van der Waals surface area contributed by atoms with Crippen LogP contribution >= 0.6 is 0 Å². The molecule has 1 N–H and O–H groups in total. The predicted molar refractivity (Wildman–Crippen MR) is 108 cm³/mol. The fraction of sp³-hybridized carbons (Fsp3) is 0.571. The van der Waals surface area contributed by atoms with Crippen LogP contribution in [0, 0.1) is 12.8 Å². The van der Waals surface area contributed by atoms with Gasteiger partial charge in [0.2, 0.25) is 5.89 Å². The summed E-state index contributed by atoms with van der Waals surface area (Å²) in [6.45, 7) is 9.84. The van der Waals surface area contributed by atoms with E-state index >= 15 is 0 Å². The molecule has 1 aromatic heterocycles. The minimum Gasteiger partial charge on any atom is -0.357 e. The van der Waals surface area contributed by atoms with Crippen molar-refractivity contribution >= 4 is 5.96 Å². The molecule has 2 aromatic rings. The SMILES string of the molecule is CCNC(=NCCc1nc(C)no1)N1CCC(c2ccccc2)C(CC)C1. The molecule has 0 bridgehead atoms. The van der Waals surface area contributed by atoms with Gasteiger partial charge in [0, 0.05) is 26.1 Å². The molecule has 1 saturated heterocycles. The molecule has 0 aliphatic carbocycles. The fourth-order valence-corrected chi connectivity index (χ4v) is 3.90. The molecule has 6 nitrogen and oxygen atoms in total. The summed E-state index contributed by atoms with van der Waals surface area (Å²) in [4.78, 5) is 11.5. The molecular formula is C21H31N5O. The highest BCUT2D eigenvalue weighted by Gasteiger charge is 2.30. The highest BCUT2D eigenvalue weighted by atomic mass is 16.5. The average Bonchev–Trinajstić information content (AvgIpc) is 3.12. The van der Waals surface area contributed by atoms with E-state index in [9.17, 15) is 0 Å². The number of nitrogens with zero attached hydrogens (tertiary/aromatic N) is 4. The average molecular weight is 370 g/mol. The van der Waals surface area contributed by atoms with Crippen molar-refractivity contribution < 1.29 is 4.52 Å². The molecule has 0 amide bonds. The number of nitrogens with one attached hydrogen (secondary N) is 1. The molecule has 1 fully saturated rings. The van der Waals surface area contributed by atoms with Crippen molar-refractivity contribution in [2.24, 2.45) is 10.9 Å². The van der Waals surface area contributed by atoms with E-state index in [1.807, 2.05) is 6.92 Å². The first-order valence-electron chi connectivity index (χ1n) is 10.1. The van der Waals surface area contributed by atoms with Gasteiger partial charge in [0.05, 0.1) is 6.54 Å². The van der Waals surface area contributed by atoms with Gasteiger partial charge in [-0.15, -0.1) is 0 Å². The minimum atomic E-state index is 0.636. The Hall–Kier alpha value is -2.37. The van der Waals surface area contributed by atoms with Gasteiger partial charge >= 0.3 is 0 Å². The van der Waals surface area contributed by atoms with Crippen molar-refractivity contribution in [1.82, 2.24) is 20.4 Å². The Morgan fingerprint density at radius 3 is 2.78 bits per heavy atom. The second kappa shape index (κ2) is 9.53. The summed E-state index contributed by atoms with van der Waals surface area (Å²) in [5.74, 6) is 3.61. The maximum Gasteiger partial charge on any atom is 0.228 e. The molecule has 2 heterocycles. The fourth-order valence-electron chi connectivity index (χ4n) is 3.90. The van der Waals surface area contributed by atoms with Gasteiger partial charge in [-0.1, -0.05) is 48.8 Å². The number of aryl methyl sites for hydroxylation is 1. The smallest absolute Gasteiger partial charge is 0.228 e. The Morgan fingerprint density at radius 1 is 1.30 bits per heavy atom. The first-order chi connectivity index (χ1) is 13.2. The Kier molecular flexibility index (Phi) is 6.85. The molecule has 1 aliphatic heterocycles. The van der Waals surface area contributed by atoms with E-state index in [1.54, 1.807) is 0 Å². The van der Waals surface area contributed by atoms with Crippen molar-refractivity contribution in [3.05, 3.63) is 47.6 Å². The lowest BCUT2D eigenvalue weighted by atomic mass is 9.79. The summed E-state index contributed by atoms with van der Waals surface area (Å²) in [7, 11) is 0. The molecule has 27 heavy (non-hydrogen) atoms. The summed E-state index contributed by atoms with van der Waals surface area (Å²) in [5.41, 5.74) is 1.47. The maximum atomic E-state index is 5.18. The number of piperidine rings is 1. The summed E-state index contributed by atoms with van der Waals surface area (Å²) in [6, 6.07) is 10.9. The molecule has 2 unspecified atom stereocenters. The Labute approximate surface area is 162 Å². The second-order valence-electron chi connectivity index (χ2n) is 7.14. The molecule has 1 aromatic carbocycles. The third kappa shape index (κ3) is 5.08. The van der Waals surface area contributed by atoms with Gasteiger partial charge in [0.1, 0.15) is 0 Å². The Morgan fingerprint density at radius 2 is 2.11 bits per heavy atom. The van der Waals surface area contributed by atoms with Crippen LogP contribution in [0.25, 0.3) is 0 Å². The summed E-state index contributed by atoms with van der Waals surface area (Å²) in [5, 5.41) is 7.29. The maximum absolute atomic E-state index is 5.18. The molecule has 2 atom stereocenters. The van der Waals surface area contributed by atoms with Gasteiger partial charge in [-0.25, -0.2) is 0 Å². The molecule has 0 spiro atoms. The van der Waals surface area contributed by atoms with Crippen molar-refractivity contribution in [2.75, 3.05) is 26.2 Å². The van der Waals surface area contributed by atoms with Crippen LogP contribution in [0.1, 0.15) is 49.9 Å². The van der Waals surface area contributed by atoms with E-state index in [4.69, 9.17) is 9.52 Å². The van der Waals surface area contributed by atoms with Crippen LogP contribution in [0.3, 0.4) is 0 Å². The zero-order valence-corrected chi connectivity index (χ0v) is 16.7. The lowest BCUT2D eigenvalue weighted by Crippen LogP contribution is -2.48. The van der Waals surface area contributed by atoms with Gasteiger partial charge in [-0.2, -0.15) is 4.98 Å². The monoisotopic (exact) mass is 369 g/mol. The number of hydrogen-bond acceptors (Lipinski definition) is 4. The number of aliphatic imine (C=N–C) groups is 1. The lowest BCUT2D eigenvalue weighted by molar-refractivity contribution is 0.215. The van der Waals surface area contributed by atoms with E-state index in [0.717, 1.165) is 32.0 Å². The third-order valence-electron chi connectivity index (χ3n) is 5.28. The minimum absolute atomic E-state index is 0.636. The number of rotatable bonds is 6. The van der Waals surface area contributed by atoms with Crippen LogP contribution in [-0.2, 0) is 6.42 Å². The molecular weight excluding hydrogens is 338 g/mol. The molecule has 1 aliphatic rings.